The van der Waals surface area contributed by atoms with Crippen molar-refractivity contribution in [3.63, 3.8) is 0 Å². The highest BCUT2D eigenvalue weighted by molar-refractivity contribution is 6.32. The van der Waals surface area contributed by atoms with E-state index in [-0.39, 0.29) is 11.6 Å². The Morgan fingerprint density at radius 2 is 2.06 bits per heavy atom. The molecule has 2 heterocycles. The molecule has 1 aliphatic rings. The Bertz CT molecular complexity index is 1240. The number of halogens is 3. The zero-order chi connectivity index (χ0) is 24.8. The summed E-state index contributed by atoms with van der Waals surface area (Å²) in [6, 6.07) is 10.8. The molecule has 35 heavy (non-hydrogen) atoms. The van der Waals surface area contributed by atoms with Gasteiger partial charge in [-0.2, -0.15) is 0 Å². The topological polar surface area (TPSA) is 45.6 Å². The fraction of sp³-hybridized carbons (Fsp3) is 0.393. The van der Waals surface area contributed by atoms with E-state index >= 15 is 0 Å². The first-order valence-electron chi connectivity index (χ1n) is 11.9. The largest absolute Gasteiger partial charge is 0.497 e. The van der Waals surface area contributed by atoms with Crippen LogP contribution in [0.2, 0.25) is 10.0 Å². The van der Waals surface area contributed by atoms with Crippen molar-refractivity contribution in [1.29, 1.82) is 0 Å². The van der Waals surface area contributed by atoms with Crippen LogP contribution in [0.25, 0.3) is 10.9 Å². The van der Waals surface area contributed by atoms with E-state index in [9.17, 15) is 9.50 Å². The molecule has 7 heteroatoms. The molecule has 0 radical (unpaired) electrons. The molecule has 2 atom stereocenters. The average molecular weight is 515 g/mol. The first-order chi connectivity index (χ1) is 17.0. The van der Waals surface area contributed by atoms with Crippen LogP contribution in [-0.2, 0) is 6.42 Å². The summed E-state index contributed by atoms with van der Waals surface area (Å²) >= 11 is 12.3. The number of likely N-dealkylation sites (tertiary alicyclic amines) is 1. The van der Waals surface area contributed by atoms with Crippen molar-refractivity contribution < 1.29 is 14.2 Å². The number of aliphatic hydroxyl groups is 1. The van der Waals surface area contributed by atoms with E-state index in [0.717, 1.165) is 60.9 Å². The summed E-state index contributed by atoms with van der Waals surface area (Å²) in [4.78, 5) is 6.82. The summed E-state index contributed by atoms with van der Waals surface area (Å²) in [5, 5.41) is 11.5. The van der Waals surface area contributed by atoms with Gasteiger partial charge in [-0.05, 0) is 86.5 Å². The maximum atomic E-state index is 13.7. The van der Waals surface area contributed by atoms with E-state index in [1.54, 1.807) is 19.4 Å². The van der Waals surface area contributed by atoms with Crippen molar-refractivity contribution in [3.8, 4) is 17.6 Å². The highest BCUT2D eigenvalue weighted by Gasteiger charge is 2.27. The molecule has 2 unspecified atom stereocenters. The summed E-state index contributed by atoms with van der Waals surface area (Å²) in [5.74, 6) is 6.88. The molecule has 1 aromatic heterocycles. The van der Waals surface area contributed by atoms with Crippen LogP contribution in [0, 0.1) is 23.6 Å². The molecular weight excluding hydrogens is 486 g/mol. The maximum absolute atomic E-state index is 13.7. The summed E-state index contributed by atoms with van der Waals surface area (Å²) in [6.07, 6.45) is 6.35. The number of rotatable bonds is 7. The number of hydrogen-bond acceptors (Lipinski definition) is 4. The van der Waals surface area contributed by atoms with Crippen LogP contribution in [0.1, 0.15) is 36.8 Å². The van der Waals surface area contributed by atoms with Gasteiger partial charge in [0.05, 0.1) is 29.2 Å². The number of pyridine rings is 1. The molecule has 0 spiro atoms. The number of ether oxygens (including phenoxy) is 1. The van der Waals surface area contributed by atoms with E-state index < -0.39 is 5.82 Å². The van der Waals surface area contributed by atoms with Gasteiger partial charge in [-0.1, -0.05) is 35.0 Å². The first kappa shape index (κ1) is 25.7. The molecule has 184 valence electrons. The van der Waals surface area contributed by atoms with Crippen LogP contribution in [0.5, 0.6) is 5.75 Å². The minimum Gasteiger partial charge on any atom is -0.497 e. The Hall–Kier alpha value is -2.36. The lowest BCUT2D eigenvalue weighted by Gasteiger charge is -2.38. The van der Waals surface area contributed by atoms with Crippen molar-refractivity contribution in [1.82, 2.24) is 9.88 Å². The fourth-order valence-corrected chi connectivity index (χ4v) is 5.13. The Kier molecular flexibility index (Phi) is 8.86. The number of benzene rings is 2. The van der Waals surface area contributed by atoms with Gasteiger partial charge < -0.3 is 9.84 Å². The Labute approximate surface area is 216 Å². The van der Waals surface area contributed by atoms with Crippen molar-refractivity contribution in [2.45, 2.75) is 38.1 Å². The second-order valence-electron chi connectivity index (χ2n) is 8.99. The third-order valence-electron chi connectivity index (χ3n) is 6.74. The van der Waals surface area contributed by atoms with Gasteiger partial charge in [-0.25, -0.2) is 4.39 Å². The zero-order valence-electron chi connectivity index (χ0n) is 19.7. The van der Waals surface area contributed by atoms with Crippen molar-refractivity contribution in [3.05, 3.63) is 69.6 Å². The summed E-state index contributed by atoms with van der Waals surface area (Å²) in [6.45, 7) is 1.69. The maximum Gasteiger partial charge on any atom is 0.143 e. The molecule has 4 nitrogen and oxygen atoms in total. The summed E-state index contributed by atoms with van der Waals surface area (Å²) in [7, 11) is 1.65. The third-order valence-corrected chi connectivity index (χ3v) is 7.37. The predicted octanol–water partition coefficient (Wildman–Crippen LogP) is 6.14. The van der Waals surface area contributed by atoms with Gasteiger partial charge in [0.25, 0.3) is 0 Å². The van der Waals surface area contributed by atoms with Gasteiger partial charge in [0.15, 0.2) is 0 Å². The van der Waals surface area contributed by atoms with E-state index in [2.05, 4.69) is 21.7 Å². The normalized spacial score (nSPS) is 18.3. The van der Waals surface area contributed by atoms with Gasteiger partial charge in [-0.15, -0.1) is 0 Å². The average Bonchev–Trinajstić information content (AvgIpc) is 2.87. The Balaban J connectivity index is 1.44. The van der Waals surface area contributed by atoms with Crippen LogP contribution >= 0.6 is 23.2 Å². The molecule has 1 N–H and O–H groups in total. The molecule has 1 aliphatic heterocycles. The smallest absolute Gasteiger partial charge is 0.143 e. The lowest BCUT2D eigenvalue weighted by molar-refractivity contribution is 0.0855. The van der Waals surface area contributed by atoms with Gasteiger partial charge in [0, 0.05) is 29.8 Å². The van der Waals surface area contributed by atoms with Gasteiger partial charge in [0.2, 0.25) is 0 Å². The van der Waals surface area contributed by atoms with Crippen LogP contribution < -0.4 is 4.74 Å². The lowest BCUT2D eigenvalue weighted by atomic mass is 9.88. The van der Waals surface area contributed by atoms with Crippen molar-refractivity contribution in [2.24, 2.45) is 5.92 Å². The van der Waals surface area contributed by atoms with Crippen molar-refractivity contribution in [2.75, 3.05) is 26.8 Å². The molecule has 0 aliphatic carbocycles. The standard InChI is InChI=1S/C28H29Cl2FN2O2/c1-35-22-8-10-28-24(16-22)23(26(30)17-32-28)6-2-5-21-14-20(18-34)11-13-33(21)12-3-4-19-7-9-25(29)27(31)15-19/h7-10,15-17,20-21,34H,2,5-6,11-14,18H2,1H3. The van der Waals surface area contributed by atoms with E-state index in [4.69, 9.17) is 27.9 Å². The highest BCUT2D eigenvalue weighted by Crippen LogP contribution is 2.31. The Morgan fingerprint density at radius 1 is 1.20 bits per heavy atom. The van der Waals surface area contributed by atoms with Crippen LogP contribution in [-0.4, -0.2) is 47.8 Å². The number of methoxy groups -OCH3 is 1. The molecule has 2 aromatic carbocycles. The zero-order valence-corrected chi connectivity index (χ0v) is 21.2. The second kappa shape index (κ2) is 12.1. The number of nitrogens with zero attached hydrogens (tertiary/aromatic N) is 2. The number of fused-ring (bicyclic) bond motifs is 1. The molecule has 4 rings (SSSR count). The van der Waals surface area contributed by atoms with Crippen LogP contribution in [0.15, 0.2) is 42.6 Å². The highest BCUT2D eigenvalue weighted by atomic mass is 35.5. The molecule has 3 aromatic rings. The number of aliphatic hydroxyl groups excluding tert-OH is 1. The van der Waals surface area contributed by atoms with E-state index in [1.807, 2.05) is 18.2 Å². The molecule has 1 fully saturated rings. The quantitative estimate of drug-likeness (QED) is 0.384. The monoisotopic (exact) mass is 514 g/mol. The molecule has 1 saturated heterocycles. The fourth-order valence-electron chi connectivity index (χ4n) is 4.77. The van der Waals surface area contributed by atoms with Crippen LogP contribution in [0.4, 0.5) is 4.39 Å². The van der Waals surface area contributed by atoms with Gasteiger partial charge in [0.1, 0.15) is 11.6 Å². The van der Waals surface area contributed by atoms with Gasteiger partial charge in [-0.3, -0.25) is 9.88 Å². The van der Waals surface area contributed by atoms with Crippen molar-refractivity contribution >= 4 is 34.1 Å². The van der Waals surface area contributed by atoms with Crippen LogP contribution in [0.3, 0.4) is 0 Å². The molecule has 0 saturated carbocycles. The number of hydrogen-bond donors (Lipinski definition) is 1. The summed E-state index contributed by atoms with van der Waals surface area (Å²) < 4.78 is 19.1. The number of aromatic nitrogens is 1. The third kappa shape index (κ3) is 6.45. The second-order valence-corrected chi connectivity index (χ2v) is 9.80. The molecule has 0 bridgehead atoms. The van der Waals surface area contributed by atoms with E-state index in [1.165, 1.54) is 12.1 Å². The lowest BCUT2D eigenvalue weighted by Crippen LogP contribution is -2.43. The SMILES string of the molecule is COc1ccc2ncc(Cl)c(CCCC3CC(CO)CCN3CC#Cc3ccc(Cl)c(F)c3)c2c1. The number of aryl methyl sites for hydroxylation is 1. The predicted molar refractivity (Wildman–Crippen MR) is 140 cm³/mol. The molecular formula is C28H29Cl2FN2O2. The minimum absolute atomic E-state index is 0.0993. The van der Waals surface area contributed by atoms with Gasteiger partial charge >= 0.3 is 0 Å². The summed E-state index contributed by atoms with van der Waals surface area (Å²) in [5.41, 5.74) is 2.60. The number of piperidine rings is 1. The molecule has 0 amide bonds. The first-order valence-corrected chi connectivity index (χ1v) is 12.6. The van der Waals surface area contributed by atoms with E-state index in [0.29, 0.717) is 29.1 Å². The minimum atomic E-state index is -0.458. The Morgan fingerprint density at radius 3 is 2.83 bits per heavy atom.